The first-order valence-corrected chi connectivity index (χ1v) is 8.95. The lowest BCUT2D eigenvalue weighted by atomic mass is 9.96. The van der Waals surface area contributed by atoms with Gasteiger partial charge in [0, 0.05) is 18.5 Å². The number of hydrogen-bond acceptors (Lipinski definition) is 2. The number of likely N-dealkylation sites (N-methyl/N-ethyl adjacent to an activating group) is 1. The Morgan fingerprint density at radius 3 is 2.50 bits per heavy atom. The van der Waals surface area contributed by atoms with Crippen LogP contribution in [0.25, 0.3) is 0 Å². The fourth-order valence-corrected chi connectivity index (χ4v) is 2.74. The Morgan fingerprint density at radius 2 is 1.92 bits per heavy atom. The Labute approximate surface area is 144 Å². The molecular weight excluding hydrogens is 302 g/mol. The van der Waals surface area contributed by atoms with Crippen LogP contribution in [-0.2, 0) is 9.59 Å². The van der Waals surface area contributed by atoms with Crippen LogP contribution in [0.1, 0.15) is 44.6 Å². The minimum atomic E-state index is -0.247. The molecule has 1 unspecified atom stereocenters. The third kappa shape index (κ3) is 5.64. The molecule has 0 bridgehead atoms. The van der Waals surface area contributed by atoms with Gasteiger partial charge in [0.05, 0.1) is 7.05 Å². The lowest BCUT2D eigenvalue weighted by Crippen LogP contribution is -3.15. The highest BCUT2D eigenvalue weighted by Gasteiger charge is 2.28. The lowest BCUT2D eigenvalue weighted by Gasteiger charge is -2.22. The van der Waals surface area contributed by atoms with E-state index in [0.717, 1.165) is 24.2 Å². The summed E-state index contributed by atoms with van der Waals surface area (Å²) in [5, 5.41) is 6.02. The van der Waals surface area contributed by atoms with Gasteiger partial charge in [-0.3, -0.25) is 9.59 Å². The molecule has 0 heterocycles. The van der Waals surface area contributed by atoms with Crippen LogP contribution in [0.2, 0.25) is 0 Å². The predicted molar refractivity (Wildman–Crippen MR) is 94.9 cm³/mol. The molecule has 24 heavy (non-hydrogen) atoms. The van der Waals surface area contributed by atoms with Gasteiger partial charge in [-0.05, 0) is 31.7 Å². The number of carbonyl (C=O) groups is 2. The number of nitrogens with one attached hydrogen (secondary N) is 3. The molecule has 0 spiro atoms. The Balaban J connectivity index is 1.78. The van der Waals surface area contributed by atoms with Crippen molar-refractivity contribution >= 4 is 11.8 Å². The van der Waals surface area contributed by atoms with Crippen LogP contribution in [0.3, 0.4) is 0 Å². The van der Waals surface area contributed by atoms with Crippen LogP contribution in [-0.4, -0.2) is 44.0 Å². The molecule has 2 amide bonds. The van der Waals surface area contributed by atoms with Crippen molar-refractivity contribution in [2.24, 2.45) is 0 Å². The summed E-state index contributed by atoms with van der Waals surface area (Å²) in [7, 11) is 1.89. The van der Waals surface area contributed by atoms with Gasteiger partial charge in [-0.25, -0.2) is 0 Å². The van der Waals surface area contributed by atoms with Crippen molar-refractivity contribution in [2.45, 2.75) is 51.1 Å². The molecule has 0 aliphatic heterocycles. The molecule has 1 aromatic carbocycles. The maximum absolute atomic E-state index is 12.4. The molecule has 2 rings (SSSR count). The number of benzene rings is 1. The van der Waals surface area contributed by atoms with Crippen molar-refractivity contribution in [2.75, 3.05) is 20.1 Å². The third-order valence-corrected chi connectivity index (χ3v) is 4.80. The van der Waals surface area contributed by atoms with E-state index in [-0.39, 0.29) is 17.9 Å². The largest absolute Gasteiger partial charge is 0.350 e. The SMILES string of the molecule is CC[C@H](CNC(=O)[C@@H](C)[NH+](C)CC(=O)NC1CC1)c1ccccc1. The lowest BCUT2D eigenvalue weighted by molar-refractivity contribution is -0.886. The maximum atomic E-state index is 12.4. The number of quaternary nitrogens is 1. The minimum absolute atomic E-state index is 0.00102. The second-order valence-corrected chi connectivity index (χ2v) is 6.85. The Morgan fingerprint density at radius 1 is 1.25 bits per heavy atom. The zero-order valence-electron chi connectivity index (χ0n) is 15.0. The summed E-state index contributed by atoms with van der Waals surface area (Å²) in [6, 6.07) is 10.4. The molecule has 1 saturated carbocycles. The van der Waals surface area contributed by atoms with Crippen molar-refractivity contribution in [3.8, 4) is 0 Å². The topological polar surface area (TPSA) is 62.6 Å². The second-order valence-electron chi connectivity index (χ2n) is 6.85. The van der Waals surface area contributed by atoms with Gasteiger partial charge in [0.1, 0.15) is 0 Å². The molecule has 0 radical (unpaired) electrons. The van der Waals surface area contributed by atoms with Crippen LogP contribution in [0, 0.1) is 0 Å². The van der Waals surface area contributed by atoms with Gasteiger partial charge in [0.25, 0.3) is 11.8 Å². The van der Waals surface area contributed by atoms with Gasteiger partial charge in [-0.2, -0.15) is 0 Å². The van der Waals surface area contributed by atoms with Gasteiger partial charge in [0.2, 0.25) is 0 Å². The first kappa shape index (κ1) is 18.5. The molecular formula is C19H30N3O2+. The van der Waals surface area contributed by atoms with Crippen molar-refractivity contribution in [3.63, 3.8) is 0 Å². The predicted octanol–water partition coefficient (Wildman–Crippen LogP) is 0.478. The van der Waals surface area contributed by atoms with Gasteiger partial charge in [-0.15, -0.1) is 0 Å². The van der Waals surface area contributed by atoms with E-state index in [4.69, 9.17) is 0 Å². The fourth-order valence-electron chi connectivity index (χ4n) is 2.74. The molecule has 1 aliphatic carbocycles. The summed E-state index contributed by atoms with van der Waals surface area (Å²) in [5.41, 5.74) is 1.25. The Kier molecular flexibility index (Phi) is 6.79. The highest BCUT2D eigenvalue weighted by molar-refractivity contribution is 5.81. The molecule has 3 atom stereocenters. The van der Waals surface area contributed by atoms with Gasteiger partial charge in [0.15, 0.2) is 12.6 Å². The van der Waals surface area contributed by atoms with E-state index >= 15 is 0 Å². The highest BCUT2D eigenvalue weighted by Crippen LogP contribution is 2.18. The Bertz CT molecular complexity index is 543. The highest BCUT2D eigenvalue weighted by atomic mass is 16.2. The average Bonchev–Trinajstić information content (AvgIpc) is 3.39. The number of rotatable bonds is 9. The van der Waals surface area contributed by atoms with E-state index in [1.807, 2.05) is 32.2 Å². The molecule has 1 aliphatic rings. The number of amides is 2. The van der Waals surface area contributed by atoms with E-state index in [2.05, 4.69) is 29.7 Å². The summed E-state index contributed by atoms with van der Waals surface area (Å²) in [5.74, 6) is 0.354. The van der Waals surface area contributed by atoms with Gasteiger partial charge in [-0.1, -0.05) is 37.3 Å². The molecule has 3 N–H and O–H groups in total. The van der Waals surface area contributed by atoms with E-state index < -0.39 is 0 Å². The summed E-state index contributed by atoms with van der Waals surface area (Å²) >= 11 is 0. The summed E-state index contributed by atoms with van der Waals surface area (Å²) in [6.07, 6.45) is 3.14. The van der Waals surface area contributed by atoms with E-state index in [1.54, 1.807) is 0 Å². The van der Waals surface area contributed by atoms with Crippen LogP contribution < -0.4 is 15.5 Å². The molecule has 1 fully saturated rings. The zero-order chi connectivity index (χ0) is 17.5. The monoisotopic (exact) mass is 332 g/mol. The molecule has 0 saturated heterocycles. The second kappa shape index (κ2) is 8.83. The Hall–Kier alpha value is -1.88. The first-order chi connectivity index (χ1) is 11.5. The summed E-state index contributed by atoms with van der Waals surface area (Å²) < 4.78 is 0. The van der Waals surface area contributed by atoms with Crippen molar-refractivity contribution < 1.29 is 14.5 Å². The molecule has 5 heteroatoms. The number of hydrogen-bond donors (Lipinski definition) is 3. The summed E-state index contributed by atoms with van der Waals surface area (Å²) in [6.45, 7) is 4.97. The minimum Gasteiger partial charge on any atom is -0.350 e. The quantitative estimate of drug-likeness (QED) is 0.616. The standard InChI is InChI=1S/C19H29N3O2/c1-4-15(16-8-6-5-7-9-16)12-20-19(24)14(2)22(3)13-18(23)21-17-10-11-17/h5-9,14-15,17H,4,10-13H2,1-3H3,(H,20,24)(H,21,23)/p+1/t14-,15-/m1/s1. The van der Waals surface area contributed by atoms with E-state index in [9.17, 15) is 9.59 Å². The molecule has 132 valence electrons. The van der Waals surface area contributed by atoms with Crippen molar-refractivity contribution in [1.29, 1.82) is 0 Å². The fraction of sp³-hybridized carbons (Fsp3) is 0.579. The van der Waals surface area contributed by atoms with Crippen LogP contribution in [0.15, 0.2) is 30.3 Å². The smallest absolute Gasteiger partial charge is 0.278 e. The molecule has 1 aromatic rings. The van der Waals surface area contributed by atoms with Crippen LogP contribution in [0.4, 0.5) is 0 Å². The van der Waals surface area contributed by atoms with E-state index in [1.165, 1.54) is 5.56 Å². The first-order valence-electron chi connectivity index (χ1n) is 8.95. The van der Waals surface area contributed by atoms with Gasteiger partial charge >= 0.3 is 0 Å². The third-order valence-electron chi connectivity index (χ3n) is 4.80. The van der Waals surface area contributed by atoms with Crippen molar-refractivity contribution in [1.82, 2.24) is 10.6 Å². The van der Waals surface area contributed by atoms with Crippen LogP contribution in [0.5, 0.6) is 0 Å². The summed E-state index contributed by atoms with van der Waals surface area (Å²) in [4.78, 5) is 25.2. The average molecular weight is 332 g/mol. The number of carbonyl (C=O) groups excluding carboxylic acids is 2. The normalized spacial score (nSPS) is 17.6. The zero-order valence-corrected chi connectivity index (χ0v) is 15.0. The van der Waals surface area contributed by atoms with E-state index in [0.29, 0.717) is 25.0 Å². The maximum Gasteiger partial charge on any atom is 0.278 e. The molecule has 0 aromatic heterocycles. The van der Waals surface area contributed by atoms with Crippen molar-refractivity contribution in [3.05, 3.63) is 35.9 Å². The van der Waals surface area contributed by atoms with Crippen LogP contribution >= 0.6 is 0 Å². The van der Waals surface area contributed by atoms with Gasteiger partial charge < -0.3 is 15.5 Å². The molecule has 5 nitrogen and oxygen atoms in total.